The second-order valence-electron chi connectivity index (χ2n) is 3.90. The van der Waals surface area contributed by atoms with Crippen LogP contribution in [0.5, 0.6) is 0 Å². The Bertz CT molecular complexity index is 276. The van der Waals surface area contributed by atoms with Crippen LogP contribution < -0.4 is 5.32 Å². The molecule has 13 heavy (non-hydrogen) atoms. The highest BCUT2D eigenvalue weighted by Gasteiger charge is 2.16. The largest absolute Gasteiger partial charge is 0.316 e. The van der Waals surface area contributed by atoms with Crippen molar-refractivity contribution in [3.8, 4) is 0 Å². The molecular formula is C12H17N. The SMILES string of the molecule is CCc1cccc(CC2CNC2)c1. The molecule has 0 bridgehead atoms. The van der Waals surface area contributed by atoms with Crippen molar-refractivity contribution in [1.29, 1.82) is 0 Å². The summed E-state index contributed by atoms with van der Waals surface area (Å²) in [4.78, 5) is 0. The van der Waals surface area contributed by atoms with Crippen LogP contribution in [0.1, 0.15) is 18.1 Å². The molecule has 1 aliphatic rings. The van der Waals surface area contributed by atoms with Gasteiger partial charge in [-0.3, -0.25) is 0 Å². The smallest absolute Gasteiger partial charge is 0.000506 e. The summed E-state index contributed by atoms with van der Waals surface area (Å²) in [6.07, 6.45) is 2.40. The highest BCUT2D eigenvalue weighted by atomic mass is 14.9. The molecular weight excluding hydrogens is 158 g/mol. The molecule has 0 spiro atoms. The van der Waals surface area contributed by atoms with Gasteiger partial charge in [-0.1, -0.05) is 31.2 Å². The zero-order chi connectivity index (χ0) is 9.10. The van der Waals surface area contributed by atoms with Crippen molar-refractivity contribution in [2.75, 3.05) is 13.1 Å². The van der Waals surface area contributed by atoms with Crippen molar-refractivity contribution >= 4 is 0 Å². The fraction of sp³-hybridized carbons (Fsp3) is 0.500. The summed E-state index contributed by atoms with van der Waals surface area (Å²) in [5, 5.41) is 3.31. The van der Waals surface area contributed by atoms with E-state index in [0.29, 0.717) is 0 Å². The first kappa shape index (κ1) is 8.76. The molecule has 1 aliphatic heterocycles. The maximum absolute atomic E-state index is 3.31. The lowest BCUT2D eigenvalue weighted by Gasteiger charge is -2.27. The van der Waals surface area contributed by atoms with E-state index in [2.05, 4.69) is 36.5 Å². The van der Waals surface area contributed by atoms with Gasteiger partial charge in [-0.25, -0.2) is 0 Å². The third kappa shape index (κ3) is 2.10. The number of hydrogen-bond donors (Lipinski definition) is 1. The number of hydrogen-bond acceptors (Lipinski definition) is 1. The fourth-order valence-electron chi connectivity index (χ4n) is 1.80. The summed E-state index contributed by atoms with van der Waals surface area (Å²) in [6.45, 7) is 4.62. The minimum atomic E-state index is 0.882. The molecule has 0 amide bonds. The van der Waals surface area contributed by atoms with Gasteiger partial charge >= 0.3 is 0 Å². The van der Waals surface area contributed by atoms with Gasteiger partial charge in [0.2, 0.25) is 0 Å². The number of aryl methyl sites for hydroxylation is 1. The Morgan fingerprint density at radius 1 is 1.31 bits per heavy atom. The molecule has 0 saturated carbocycles. The van der Waals surface area contributed by atoms with Crippen molar-refractivity contribution in [3.05, 3.63) is 35.4 Å². The molecule has 1 N–H and O–H groups in total. The number of rotatable bonds is 3. The van der Waals surface area contributed by atoms with Crippen molar-refractivity contribution in [3.63, 3.8) is 0 Å². The van der Waals surface area contributed by atoms with E-state index >= 15 is 0 Å². The molecule has 0 aliphatic carbocycles. The average Bonchev–Trinajstić information content (AvgIpc) is 2.12. The van der Waals surface area contributed by atoms with E-state index in [9.17, 15) is 0 Å². The molecule has 0 aromatic heterocycles. The van der Waals surface area contributed by atoms with Crippen LogP contribution in [-0.4, -0.2) is 13.1 Å². The lowest BCUT2D eigenvalue weighted by atomic mass is 9.93. The number of nitrogens with one attached hydrogen (secondary N) is 1. The summed E-state index contributed by atoms with van der Waals surface area (Å²) < 4.78 is 0. The Kier molecular flexibility index (Phi) is 2.65. The molecule has 1 nitrogen and oxygen atoms in total. The molecule has 70 valence electrons. The first-order valence-corrected chi connectivity index (χ1v) is 5.17. The van der Waals surface area contributed by atoms with Crippen molar-refractivity contribution in [2.24, 2.45) is 5.92 Å². The van der Waals surface area contributed by atoms with Gasteiger partial charge in [0.05, 0.1) is 0 Å². The molecule has 0 radical (unpaired) electrons. The normalized spacial score (nSPS) is 17.0. The Morgan fingerprint density at radius 2 is 2.08 bits per heavy atom. The van der Waals surface area contributed by atoms with Gasteiger partial charge in [-0.15, -0.1) is 0 Å². The zero-order valence-corrected chi connectivity index (χ0v) is 8.22. The van der Waals surface area contributed by atoms with E-state index < -0.39 is 0 Å². The lowest BCUT2D eigenvalue weighted by Crippen LogP contribution is -2.43. The molecule has 0 atom stereocenters. The summed E-state index contributed by atoms with van der Waals surface area (Å²) in [5.74, 6) is 0.882. The highest BCUT2D eigenvalue weighted by molar-refractivity contribution is 5.24. The lowest BCUT2D eigenvalue weighted by molar-refractivity contribution is 0.346. The fourth-order valence-corrected chi connectivity index (χ4v) is 1.80. The molecule has 2 rings (SSSR count). The van der Waals surface area contributed by atoms with E-state index in [1.165, 1.54) is 30.6 Å². The summed E-state index contributed by atoms with van der Waals surface area (Å²) >= 11 is 0. The quantitative estimate of drug-likeness (QED) is 0.741. The van der Waals surface area contributed by atoms with Gasteiger partial charge in [-0.05, 0) is 43.0 Å². The third-order valence-electron chi connectivity index (χ3n) is 2.79. The minimum Gasteiger partial charge on any atom is -0.316 e. The van der Waals surface area contributed by atoms with E-state index in [0.717, 1.165) is 12.3 Å². The van der Waals surface area contributed by atoms with E-state index in [-0.39, 0.29) is 0 Å². The molecule has 1 aromatic carbocycles. The first-order valence-electron chi connectivity index (χ1n) is 5.17. The van der Waals surface area contributed by atoms with Crippen LogP contribution in [0, 0.1) is 5.92 Å². The zero-order valence-electron chi connectivity index (χ0n) is 8.22. The summed E-state index contributed by atoms with van der Waals surface area (Å²) in [7, 11) is 0. The van der Waals surface area contributed by atoms with Crippen LogP contribution in [0.4, 0.5) is 0 Å². The number of benzene rings is 1. The van der Waals surface area contributed by atoms with E-state index in [1.54, 1.807) is 0 Å². The Morgan fingerprint density at radius 3 is 2.69 bits per heavy atom. The molecule has 1 heterocycles. The van der Waals surface area contributed by atoms with Gasteiger partial charge in [0.1, 0.15) is 0 Å². The molecule has 1 fully saturated rings. The van der Waals surface area contributed by atoms with Gasteiger partial charge in [0.15, 0.2) is 0 Å². The van der Waals surface area contributed by atoms with Crippen molar-refractivity contribution < 1.29 is 0 Å². The average molecular weight is 175 g/mol. The first-order chi connectivity index (χ1) is 6.38. The second kappa shape index (κ2) is 3.93. The monoisotopic (exact) mass is 175 g/mol. The van der Waals surface area contributed by atoms with Crippen molar-refractivity contribution in [2.45, 2.75) is 19.8 Å². The molecule has 1 heteroatoms. The standard InChI is InChI=1S/C12H17N/c1-2-10-4-3-5-11(6-10)7-12-8-13-9-12/h3-6,12-13H,2,7-9H2,1H3. The van der Waals surface area contributed by atoms with E-state index in [4.69, 9.17) is 0 Å². The molecule has 0 unspecified atom stereocenters. The van der Waals surface area contributed by atoms with Crippen LogP contribution >= 0.6 is 0 Å². The summed E-state index contributed by atoms with van der Waals surface area (Å²) in [6, 6.07) is 8.98. The van der Waals surface area contributed by atoms with Gasteiger partial charge < -0.3 is 5.32 Å². The van der Waals surface area contributed by atoms with Gasteiger partial charge in [-0.2, -0.15) is 0 Å². The van der Waals surface area contributed by atoms with Crippen LogP contribution in [0.2, 0.25) is 0 Å². The maximum Gasteiger partial charge on any atom is -0.000506 e. The molecule has 1 saturated heterocycles. The Labute approximate surface area is 80.2 Å². The third-order valence-corrected chi connectivity index (χ3v) is 2.79. The second-order valence-corrected chi connectivity index (χ2v) is 3.90. The van der Waals surface area contributed by atoms with Crippen LogP contribution in [0.25, 0.3) is 0 Å². The topological polar surface area (TPSA) is 12.0 Å². The summed E-state index contributed by atoms with van der Waals surface area (Å²) in [5.41, 5.74) is 2.97. The Balaban J connectivity index is 2.01. The van der Waals surface area contributed by atoms with Crippen LogP contribution in [-0.2, 0) is 12.8 Å². The predicted octanol–water partition coefficient (Wildman–Crippen LogP) is 2.01. The van der Waals surface area contributed by atoms with Crippen LogP contribution in [0.15, 0.2) is 24.3 Å². The predicted molar refractivity (Wildman–Crippen MR) is 55.9 cm³/mol. The minimum absolute atomic E-state index is 0.882. The van der Waals surface area contributed by atoms with Gasteiger partial charge in [0, 0.05) is 0 Å². The van der Waals surface area contributed by atoms with E-state index in [1.807, 2.05) is 0 Å². The van der Waals surface area contributed by atoms with Gasteiger partial charge in [0.25, 0.3) is 0 Å². The van der Waals surface area contributed by atoms with Crippen molar-refractivity contribution in [1.82, 2.24) is 5.32 Å². The molecule has 1 aromatic rings. The Hall–Kier alpha value is -0.820. The maximum atomic E-state index is 3.31. The highest BCUT2D eigenvalue weighted by Crippen LogP contribution is 2.14. The van der Waals surface area contributed by atoms with Crippen LogP contribution in [0.3, 0.4) is 0 Å².